The summed E-state index contributed by atoms with van der Waals surface area (Å²) in [5.74, 6) is -0.360. The largest absolute Gasteiger partial charge is 0.300 e. The molecule has 0 saturated heterocycles. The third kappa shape index (κ3) is 4.29. The summed E-state index contributed by atoms with van der Waals surface area (Å²) in [7, 11) is 0. The van der Waals surface area contributed by atoms with Crippen LogP contribution in [0.2, 0.25) is 0 Å². The van der Waals surface area contributed by atoms with Gasteiger partial charge in [0, 0.05) is 21.4 Å². The Morgan fingerprint density at radius 3 is 2.50 bits per heavy atom. The number of hydrogen-bond donors (Lipinski definition) is 1. The minimum Gasteiger partial charge on any atom is -0.269 e. The van der Waals surface area contributed by atoms with Crippen molar-refractivity contribution < 1.29 is 19.2 Å². The Kier molecular flexibility index (Phi) is 5.68. The highest BCUT2D eigenvalue weighted by atomic mass is 32.2. The number of aromatic nitrogens is 2. The molecule has 0 aliphatic carbocycles. The lowest BCUT2D eigenvalue weighted by Gasteiger charge is -2.07. The zero-order valence-electron chi connectivity index (χ0n) is 15.3. The monoisotopic (exact) mass is 422 g/mol. The molecule has 0 fully saturated rings. The molecule has 4 aromatic rings. The molecule has 0 radical (unpaired) electrons. The van der Waals surface area contributed by atoms with E-state index in [-0.39, 0.29) is 23.7 Å². The van der Waals surface area contributed by atoms with E-state index in [1.807, 2.05) is 30.3 Å². The molecule has 1 aromatic heterocycles. The maximum Gasteiger partial charge on any atom is 0.300 e. The van der Waals surface area contributed by atoms with Crippen LogP contribution in [0.25, 0.3) is 11.0 Å². The van der Waals surface area contributed by atoms with Crippen molar-refractivity contribution in [1.82, 2.24) is 15.8 Å². The molecule has 3 aromatic carbocycles. The van der Waals surface area contributed by atoms with Crippen LogP contribution in [-0.4, -0.2) is 21.1 Å². The third-order valence-corrected chi connectivity index (χ3v) is 5.20. The third-order valence-electron chi connectivity index (χ3n) is 4.14. The number of nitrogens with one attached hydrogen (secondary N) is 1. The SMILES string of the molecule is O=C(NOCc1ccccc1)c1ccc(Sc2ccc([N+](=O)[O-])c3nonc23)cc1. The molecular formula is C20H14N4O5S. The Morgan fingerprint density at radius 2 is 1.77 bits per heavy atom. The normalized spacial score (nSPS) is 10.8. The maximum absolute atomic E-state index is 12.2. The summed E-state index contributed by atoms with van der Waals surface area (Å²) in [6.07, 6.45) is 0. The summed E-state index contributed by atoms with van der Waals surface area (Å²) >= 11 is 1.33. The van der Waals surface area contributed by atoms with Crippen molar-refractivity contribution in [3.63, 3.8) is 0 Å². The average molecular weight is 422 g/mol. The molecule has 4 rings (SSSR count). The van der Waals surface area contributed by atoms with E-state index in [1.54, 1.807) is 30.3 Å². The number of amides is 1. The Labute approximate surface area is 174 Å². The van der Waals surface area contributed by atoms with Crippen LogP contribution in [0.5, 0.6) is 0 Å². The predicted molar refractivity (Wildman–Crippen MR) is 108 cm³/mol. The number of benzene rings is 3. The summed E-state index contributed by atoms with van der Waals surface area (Å²) in [6, 6.07) is 19.3. The molecule has 1 heterocycles. The minimum atomic E-state index is -0.533. The van der Waals surface area contributed by atoms with Gasteiger partial charge in [-0.3, -0.25) is 19.7 Å². The van der Waals surface area contributed by atoms with E-state index in [0.29, 0.717) is 16.0 Å². The summed E-state index contributed by atoms with van der Waals surface area (Å²) in [6.45, 7) is 0.266. The van der Waals surface area contributed by atoms with Crippen molar-refractivity contribution in [1.29, 1.82) is 0 Å². The number of hydrogen-bond acceptors (Lipinski definition) is 8. The van der Waals surface area contributed by atoms with Crippen LogP contribution in [0.3, 0.4) is 0 Å². The first kappa shape index (κ1) is 19.6. The highest BCUT2D eigenvalue weighted by Crippen LogP contribution is 2.35. The molecule has 1 N–H and O–H groups in total. The second-order valence-electron chi connectivity index (χ2n) is 6.13. The van der Waals surface area contributed by atoms with E-state index in [2.05, 4.69) is 20.4 Å². The highest BCUT2D eigenvalue weighted by molar-refractivity contribution is 7.99. The van der Waals surface area contributed by atoms with E-state index in [0.717, 1.165) is 10.5 Å². The van der Waals surface area contributed by atoms with Gasteiger partial charge in [0.25, 0.3) is 5.91 Å². The summed E-state index contributed by atoms with van der Waals surface area (Å²) in [4.78, 5) is 29.5. The van der Waals surface area contributed by atoms with Crippen LogP contribution in [-0.2, 0) is 11.4 Å². The Hall–Kier alpha value is -3.76. The number of hydroxylamine groups is 1. The Morgan fingerprint density at radius 1 is 1.03 bits per heavy atom. The van der Waals surface area contributed by atoms with Gasteiger partial charge >= 0.3 is 5.69 Å². The van der Waals surface area contributed by atoms with E-state index in [1.165, 1.54) is 17.8 Å². The molecule has 0 unspecified atom stereocenters. The number of fused-ring (bicyclic) bond motifs is 1. The topological polar surface area (TPSA) is 120 Å². The first-order valence-electron chi connectivity index (χ1n) is 8.75. The van der Waals surface area contributed by atoms with Gasteiger partial charge in [-0.2, -0.15) is 0 Å². The molecule has 150 valence electrons. The lowest BCUT2D eigenvalue weighted by atomic mass is 10.2. The number of carbonyl (C=O) groups excluding carboxylic acids is 1. The number of non-ortho nitro benzene ring substituents is 1. The van der Waals surface area contributed by atoms with Crippen LogP contribution in [0.1, 0.15) is 15.9 Å². The molecule has 30 heavy (non-hydrogen) atoms. The van der Waals surface area contributed by atoms with Gasteiger partial charge in [0.1, 0.15) is 0 Å². The quantitative estimate of drug-likeness (QED) is 0.348. The number of rotatable bonds is 7. The van der Waals surface area contributed by atoms with Gasteiger partial charge < -0.3 is 0 Å². The van der Waals surface area contributed by atoms with Crippen LogP contribution in [0.15, 0.2) is 81.2 Å². The molecule has 1 amide bonds. The van der Waals surface area contributed by atoms with Gasteiger partial charge in [-0.1, -0.05) is 42.1 Å². The molecule has 0 bridgehead atoms. The van der Waals surface area contributed by atoms with E-state index in [4.69, 9.17) is 4.84 Å². The fourth-order valence-electron chi connectivity index (χ4n) is 2.68. The number of nitrogens with zero attached hydrogens (tertiary/aromatic N) is 3. The van der Waals surface area contributed by atoms with Gasteiger partial charge in [0.2, 0.25) is 5.52 Å². The Balaban J connectivity index is 1.41. The molecular weight excluding hydrogens is 408 g/mol. The lowest BCUT2D eigenvalue weighted by molar-refractivity contribution is -0.383. The zero-order valence-corrected chi connectivity index (χ0v) is 16.2. The minimum absolute atomic E-state index is 0.0940. The standard InChI is InChI=1S/C20H14N4O5S/c25-20(23-28-12-13-4-2-1-3-5-13)14-6-8-15(9-7-14)30-17-11-10-16(24(26)27)18-19(17)22-29-21-18/h1-11H,12H2,(H,23,25). The van der Waals surface area contributed by atoms with E-state index >= 15 is 0 Å². The molecule has 9 nitrogen and oxygen atoms in total. The average Bonchev–Trinajstić information content (AvgIpc) is 3.25. The van der Waals surface area contributed by atoms with Gasteiger partial charge in [-0.25, -0.2) is 10.1 Å². The molecule has 10 heteroatoms. The first-order chi connectivity index (χ1) is 14.6. The second kappa shape index (κ2) is 8.72. The summed E-state index contributed by atoms with van der Waals surface area (Å²) < 4.78 is 4.67. The molecule has 0 atom stereocenters. The van der Waals surface area contributed by atoms with E-state index in [9.17, 15) is 14.9 Å². The van der Waals surface area contributed by atoms with Crippen LogP contribution in [0.4, 0.5) is 5.69 Å². The zero-order chi connectivity index (χ0) is 20.9. The molecule has 0 aliphatic rings. The van der Waals surface area contributed by atoms with Gasteiger partial charge in [-0.15, -0.1) is 0 Å². The van der Waals surface area contributed by atoms with Crippen molar-refractivity contribution in [2.24, 2.45) is 0 Å². The van der Waals surface area contributed by atoms with Crippen molar-refractivity contribution in [2.75, 3.05) is 0 Å². The molecule has 0 spiro atoms. The van der Waals surface area contributed by atoms with Crippen molar-refractivity contribution in [3.8, 4) is 0 Å². The van der Waals surface area contributed by atoms with E-state index < -0.39 is 4.92 Å². The molecule has 0 aliphatic heterocycles. The summed E-state index contributed by atoms with van der Waals surface area (Å²) in [5.41, 5.74) is 4.03. The van der Waals surface area contributed by atoms with Gasteiger partial charge in [0.05, 0.1) is 11.5 Å². The van der Waals surface area contributed by atoms with Crippen molar-refractivity contribution >= 4 is 34.4 Å². The van der Waals surface area contributed by atoms with Crippen LogP contribution in [0, 0.1) is 10.1 Å². The second-order valence-corrected chi connectivity index (χ2v) is 7.25. The van der Waals surface area contributed by atoms with Crippen molar-refractivity contribution in [2.45, 2.75) is 16.4 Å². The van der Waals surface area contributed by atoms with Crippen LogP contribution < -0.4 is 5.48 Å². The Bertz CT molecular complexity index is 1200. The predicted octanol–water partition coefficient (Wildman–Crippen LogP) is 4.14. The number of nitro groups is 1. The smallest absolute Gasteiger partial charge is 0.269 e. The summed E-state index contributed by atoms with van der Waals surface area (Å²) in [5, 5.41) is 18.5. The van der Waals surface area contributed by atoms with Crippen LogP contribution >= 0.6 is 11.8 Å². The fourth-order valence-corrected chi connectivity index (χ4v) is 3.57. The fraction of sp³-hybridized carbons (Fsp3) is 0.0500. The lowest BCUT2D eigenvalue weighted by Crippen LogP contribution is -2.23. The van der Waals surface area contributed by atoms with Crippen molar-refractivity contribution in [3.05, 3.63) is 88.0 Å². The van der Waals surface area contributed by atoms with Gasteiger partial charge in [0.15, 0.2) is 5.52 Å². The number of carbonyl (C=O) groups is 1. The first-order valence-corrected chi connectivity index (χ1v) is 9.57. The highest BCUT2D eigenvalue weighted by Gasteiger charge is 2.20. The van der Waals surface area contributed by atoms with Gasteiger partial charge in [-0.05, 0) is 46.2 Å². The number of nitro benzene ring substituents is 1. The molecule has 0 saturated carbocycles. The maximum atomic E-state index is 12.2.